The van der Waals surface area contributed by atoms with Crippen molar-refractivity contribution in [3.05, 3.63) is 33.8 Å². The van der Waals surface area contributed by atoms with Crippen molar-refractivity contribution in [3.63, 3.8) is 0 Å². The lowest BCUT2D eigenvalue weighted by Crippen LogP contribution is -2.26. The summed E-state index contributed by atoms with van der Waals surface area (Å²) in [6.07, 6.45) is 0. The van der Waals surface area contributed by atoms with Crippen LogP contribution >= 0.6 is 28.3 Å². The van der Waals surface area contributed by atoms with Crippen LogP contribution in [0.25, 0.3) is 0 Å². The Bertz CT molecular complexity index is 460. The lowest BCUT2D eigenvalue weighted by atomic mass is 10.0. The molecule has 0 spiro atoms. The second-order valence-electron chi connectivity index (χ2n) is 5.19. The van der Waals surface area contributed by atoms with E-state index in [1.165, 1.54) is 12.1 Å². The Morgan fingerprint density at radius 1 is 1.21 bits per heavy atom. The van der Waals surface area contributed by atoms with Crippen molar-refractivity contribution in [2.45, 2.75) is 6.54 Å². The highest BCUT2D eigenvalue weighted by atomic mass is 79.9. The highest BCUT2D eigenvalue weighted by Gasteiger charge is 2.36. The number of hydrogen-bond acceptors (Lipinski definition) is 2. The average Bonchev–Trinajstić information content (AvgIpc) is 2.90. The molecule has 2 fully saturated rings. The number of nitrogens with one attached hydrogen (secondary N) is 1. The van der Waals surface area contributed by atoms with Gasteiger partial charge >= 0.3 is 0 Å². The van der Waals surface area contributed by atoms with Crippen molar-refractivity contribution >= 4 is 28.3 Å². The molecule has 2 heterocycles. The summed E-state index contributed by atoms with van der Waals surface area (Å²) in [5, 5.41) is 3.36. The van der Waals surface area contributed by atoms with E-state index in [0.717, 1.165) is 26.2 Å². The fourth-order valence-electron chi connectivity index (χ4n) is 3.02. The molecule has 0 bridgehead atoms. The molecule has 0 radical (unpaired) electrons. The van der Waals surface area contributed by atoms with Gasteiger partial charge in [0.2, 0.25) is 0 Å². The van der Waals surface area contributed by atoms with E-state index in [1.54, 1.807) is 0 Å². The largest absolute Gasteiger partial charge is 0.316 e. The second kappa shape index (κ2) is 6.04. The Kier molecular flexibility index (Phi) is 4.82. The van der Waals surface area contributed by atoms with Crippen LogP contribution in [0.1, 0.15) is 5.56 Å². The molecule has 106 valence electrons. The highest BCUT2D eigenvalue weighted by Crippen LogP contribution is 2.29. The molecule has 0 unspecified atom stereocenters. The summed E-state index contributed by atoms with van der Waals surface area (Å²) in [7, 11) is 0. The molecule has 1 aromatic carbocycles. The molecule has 19 heavy (non-hydrogen) atoms. The SMILES string of the molecule is Cl.Fc1ccc(Br)c(F)c1CN1C[C@H]2CNC[C@H]2C1. The van der Waals surface area contributed by atoms with Gasteiger partial charge < -0.3 is 5.32 Å². The predicted octanol–water partition coefficient (Wildman–Crippen LogP) is 2.80. The molecule has 0 amide bonds. The molecule has 0 aliphatic carbocycles. The molecule has 2 aliphatic heterocycles. The van der Waals surface area contributed by atoms with Gasteiger partial charge in [-0.25, -0.2) is 8.78 Å². The summed E-state index contributed by atoms with van der Waals surface area (Å²) in [4.78, 5) is 2.16. The summed E-state index contributed by atoms with van der Waals surface area (Å²) in [5.74, 6) is 0.364. The third kappa shape index (κ3) is 2.94. The monoisotopic (exact) mass is 352 g/mol. The zero-order valence-corrected chi connectivity index (χ0v) is 12.7. The van der Waals surface area contributed by atoms with Crippen LogP contribution in [0.3, 0.4) is 0 Å². The summed E-state index contributed by atoms with van der Waals surface area (Å²) < 4.78 is 27.9. The van der Waals surface area contributed by atoms with Gasteiger partial charge in [0.05, 0.1) is 4.47 Å². The average molecular weight is 354 g/mol. The first-order valence-electron chi connectivity index (χ1n) is 6.20. The fraction of sp³-hybridized carbons (Fsp3) is 0.538. The van der Waals surface area contributed by atoms with E-state index in [-0.39, 0.29) is 18.0 Å². The zero-order chi connectivity index (χ0) is 12.7. The standard InChI is InChI=1S/C13H15BrF2N2.ClH/c14-11-1-2-12(15)10(13(11)16)7-18-5-8-3-17-4-9(8)6-18;/h1-2,8-9,17H,3-7H2;1H/t8-,9+;. The summed E-state index contributed by atoms with van der Waals surface area (Å²) in [5.41, 5.74) is 0.178. The van der Waals surface area contributed by atoms with Gasteiger partial charge in [0.15, 0.2) is 0 Å². The maximum atomic E-state index is 13.9. The smallest absolute Gasteiger partial charge is 0.144 e. The summed E-state index contributed by atoms with van der Waals surface area (Å²) in [6, 6.07) is 2.73. The minimum absolute atomic E-state index is 0. The normalized spacial score (nSPS) is 26.3. The molecule has 6 heteroatoms. The molecule has 2 atom stereocenters. The molecule has 0 saturated carbocycles. The van der Waals surface area contributed by atoms with E-state index in [0.29, 0.717) is 22.9 Å². The van der Waals surface area contributed by atoms with Crippen LogP contribution in [0.15, 0.2) is 16.6 Å². The van der Waals surface area contributed by atoms with E-state index in [1.807, 2.05) is 0 Å². The van der Waals surface area contributed by atoms with Gasteiger partial charge in [-0.05, 0) is 53.0 Å². The van der Waals surface area contributed by atoms with Crippen molar-refractivity contribution in [2.24, 2.45) is 11.8 Å². The van der Waals surface area contributed by atoms with Crippen molar-refractivity contribution < 1.29 is 8.78 Å². The van der Waals surface area contributed by atoms with Gasteiger partial charge in [-0.3, -0.25) is 4.90 Å². The number of hydrogen-bond donors (Lipinski definition) is 1. The molecular weight excluding hydrogens is 338 g/mol. The van der Waals surface area contributed by atoms with E-state index in [4.69, 9.17) is 0 Å². The topological polar surface area (TPSA) is 15.3 Å². The third-order valence-electron chi connectivity index (χ3n) is 3.99. The number of benzene rings is 1. The Labute approximate surface area is 126 Å². The van der Waals surface area contributed by atoms with Gasteiger partial charge in [-0.15, -0.1) is 12.4 Å². The molecule has 1 N–H and O–H groups in total. The fourth-order valence-corrected chi connectivity index (χ4v) is 3.39. The first kappa shape index (κ1) is 15.2. The van der Waals surface area contributed by atoms with Gasteiger partial charge in [0, 0.05) is 25.2 Å². The second-order valence-corrected chi connectivity index (χ2v) is 6.05. The van der Waals surface area contributed by atoms with Gasteiger partial charge in [-0.2, -0.15) is 0 Å². The molecule has 2 nitrogen and oxygen atoms in total. The number of fused-ring (bicyclic) bond motifs is 1. The van der Waals surface area contributed by atoms with Crippen LogP contribution in [0.5, 0.6) is 0 Å². The lowest BCUT2D eigenvalue weighted by molar-refractivity contribution is 0.295. The predicted molar refractivity (Wildman–Crippen MR) is 76.4 cm³/mol. The summed E-state index contributed by atoms with van der Waals surface area (Å²) >= 11 is 3.11. The lowest BCUT2D eigenvalue weighted by Gasteiger charge is -2.18. The first-order chi connectivity index (χ1) is 8.65. The van der Waals surface area contributed by atoms with Crippen LogP contribution in [0.2, 0.25) is 0 Å². The molecule has 2 aliphatic rings. The molecular formula is C13H16BrClF2N2. The molecule has 3 rings (SSSR count). The maximum absolute atomic E-state index is 13.9. The van der Waals surface area contributed by atoms with Crippen LogP contribution in [0, 0.1) is 23.5 Å². The number of rotatable bonds is 2. The van der Waals surface area contributed by atoms with E-state index in [9.17, 15) is 8.78 Å². The number of nitrogens with zero attached hydrogens (tertiary/aromatic N) is 1. The van der Waals surface area contributed by atoms with Gasteiger partial charge in [-0.1, -0.05) is 0 Å². The Morgan fingerprint density at radius 3 is 2.47 bits per heavy atom. The van der Waals surface area contributed by atoms with Crippen molar-refractivity contribution in [2.75, 3.05) is 26.2 Å². The van der Waals surface area contributed by atoms with Gasteiger partial charge in [0.1, 0.15) is 11.6 Å². The molecule has 1 aromatic rings. The minimum atomic E-state index is -0.467. The number of halogens is 4. The van der Waals surface area contributed by atoms with Gasteiger partial charge in [0.25, 0.3) is 0 Å². The molecule has 2 saturated heterocycles. The van der Waals surface area contributed by atoms with Crippen LogP contribution < -0.4 is 5.32 Å². The Hall–Kier alpha value is -0.230. The van der Waals surface area contributed by atoms with Crippen LogP contribution in [-0.4, -0.2) is 31.1 Å². The van der Waals surface area contributed by atoms with Crippen molar-refractivity contribution in [1.29, 1.82) is 0 Å². The Morgan fingerprint density at radius 2 is 1.84 bits per heavy atom. The zero-order valence-electron chi connectivity index (χ0n) is 10.3. The van der Waals surface area contributed by atoms with Crippen molar-refractivity contribution in [3.8, 4) is 0 Å². The van der Waals surface area contributed by atoms with Crippen LogP contribution in [-0.2, 0) is 6.54 Å². The van der Waals surface area contributed by atoms with E-state index < -0.39 is 11.6 Å². The van der Waals surface area contributed by atoms with E-state index in [2.05, 4.69) is 26.1 Å². The first-order valence-corrected chi connectivity index (χ1v) is 7.00. The Balaban J connectivity index is 0.00000133. The van der Waals surface area contributed by atoms with E-state index >= 15 is 0 Å². The van der Waals surface area contributed by atoms with Crippen molar-refractivity contribution in [1.82, 2.24) is 10.2 Å². The summed E-state index contributed by atoms with van der Waals surface area (Å²) in [6.45, 7) is 4.30. The maximum Gasteiger partial charge on any atom is 0.144 e. The highest BCUT2D eigenvalue weighted by molar-refractivity contribution is 9.10. The third-order valence-corrected chi connectivity index (χ3v) is 4.60. The number of likely N-dealkylation sites (tertiary alicyclic amines) is 1. The minimum Gasteiger partial charge on any atom is -0.316 e. The molecule has 0 aromatic heterocycles. The quantitative estimate of drug-likeness (QED) is 0.823. The van der Waals surface area contributed by atoms with Crippen LogP contribution in [0.4, 0.5) is 8.78 Å².